The Balaban J connectivity index is 1.87. The van der Waals surface area contributed by atoms with Crippen molar-refractivity contribution in [3.63, 3.8) is 0 Å². The van der Waals surface area contributed by atoms with E-state index in [4.69, 9.17) is 0 Å². The summed E-state index contributed by atoms with van der Waals surface area (Å²) >= 11 is 0. The van der Waals surface area contributed by atoms with Crippen molar-refractivity contribution in [3.8, 4) is 5.75 Å². The minimum atomic E-state index is -4.75. The molecular formula is C21H23F3N2O3. The van der Waals surface area contributed by atoms with Crippen LogP contribution in [0.5, 0.6) is 5.75 Å². The van der Waals surface area contributed by atoms with Crippen LogP contribution in [0.15, 0.2) is 48.5 Å². The van der Waals surface area contributed by atoms with E-state index in [0.29, 0.717) is 11.1 Å². The van der Waals surface area contributed by atoms with E-state index >= 15 is 0 Å². The van der Waals surface area contributed by atoms with Crippen LogP contribution in [0.4, 0.5) is 13.2 Å². The van der Waals surface area contributed by atoms with Gasteiger partial charge < -0.3 is 15.4 Å². The number of benzene rings is 2. The number of amides is 2. The van der Waals surface area contributed by atoms with Gasteiger partial charge in [0.1, 0.15) is 5.75 Å². The molecule has 0 saturated carbocycles. The van der Waals surface area contributed by atoms with Crippen molar-refractivity contribution >= 4 is 11.8 Å². The van der Waals surface area contributed by atoms with E-state index in [1.807, 2.05) is 13.8 Å². The van der Waals surface area contributed by atoms with Gasteiger partial charge in [0.25, 0.3) is 5.91 Å². The molecule has 2 aromatic rings. The van der Waals surface area contributed by atoms with Crippen LogP contribution in [0.3, 0.4) is 0 Å². The Morgan fingerprint density at radius 2 is 1.76 bits per heavy atom. The Morgan fingerprint density at radius 3 is 2.38 bits per heavy atom. The van der Waals surface area contributed by atoms with Gasteiger partial charge in [-0.05, 0) is 48.7 Å². The Kier molecular flexibility index (Phi) is 7.64. The number of carbonyl (C=O) groups excluding carboxylic acids is 2. The Bertz CT molecular complexity index is 836. The van der Waals surface area contributed by atoms with Gasteiger partial charge in [-0.15, -0.1) is 13.2 Å². The van der Waals surface area contributed by atoms with Crippen LogP contribution in [-0.4, -0.2) is 24.2 Å². The minimum absolute atomic E-state index is 0.0144. The first-order valence-electron chi connectivity index (χ1n) is 9.17. The maximum absolute atomic E-state index is 12.2. The van der Waals surface area contributed by atoms with Gasteiger partial charge in [-0.2, -0.15) is 0 Å². The van der Waals surface area contributed by atoms with E-state index in [0.717, 1.165) is 24.1 Å². The summed E-state index contributed by atoms with van der Waals surface area (Å²) in [6.45, 7) is 4.14. The number of alkyl halides is 3. The molecule has 0 fully saturated rings. The van der Waals surface area contributed by atoms with E-state index in [9.17, 15) is 22.8 Å². The molecular weight excluding hydrogens is 385 g/mol. The fraction of sp³-hybridized carbons (Fsp3) is 0.333. The van der Waals surface area contributed by atoms with Crippen LogP contribution >= 0.6 is 0 Å². The summed E-state index contributed by atoms with van der Waals surface area (Å²) in [5.41, 5.74) is 1.83. The molecule has 0 aliphatic heterocycles. The first kappa shape index (κ1) is 22.3. The van der Waals surface area contributed by atoms with Crippen LogP contribution in [0.1, 0.15) is 41.8 Å². The number of nitrogens with one attached hydrogen (secondary N) is 2. The summed E-state index contributed by atoms with van der Waals surface area (Å²) in [6, 6.07) is 12.1. The number of carbonyl (C=O) groups is 2. The molecule has 5 nitrogen and oxygen atoms in total. The number of hydrogen-bond acceptors (Lipinski definition) is 3. The zero-order chi connectivity index (χ0) is 21.4. The number of hydrogen-bond donors (Lipinski definition) is 2. The fourth-order valence-electron chi connectivity index (χ4n) is 2.49. The third kappa shape index (κ3) is 7.85. The highest BCUT2D eigenvalue weighted by Crippen LogP contribution is 2.22. The van der Waals surface area contributed by atoms with E-state index in [-0.39, 0.29) is 36.6 Å². The lowest BCUT2D eigenvalue weighted by Gasteiger charge is -2.12. The maximum atomic E-state index is 12.2. The van der Waals surface area contributed by atoms with E-state index in [1.165, 1.54) is 12.1 Å². The molecule has 2 N–H and O–H groups in total. The third-order valence-electron chi connectivity index (χ3n) is 4.19. The zero-order valence-electron chi connectivity index (χ0n) is 16.2. The van der Waals surface area contributed by atoms with Crippen LogP contribution in [0.2, 0.25) is 0 Å². The van der Waals surface area contributed by atoms with Crippen LogP contribution in [-0.2, 0) is 17.8 Å². The number of rotatable bonds is 8. The van der Waals surface area contributed by atoms with Gasteiger partial charge in [0.15, 0.2) is 0 Å². The molecule has 0 saturated heterocycles. The highest BCUT2D eigenvalue weighted by Gasteiger charge is 2.30. The molecule has 0 radical (unpaired) electrons. The van der Waals surface area contributed by atoms with Crippen LogP contribution in [0, 0.1) is 0 Å². The molecule has 0 aromatic heterocycles. The number of halogens is 3. The average molecular weight is 408 g/mol. The van der Waals surface area contributed by atoms with E-state index in [2.05, 4.69) is 15.4 Å². The average Bonchev–Trinajstić information content (AvgIpc) is 2.67. The zero-order valence-corrected chi connectivity index (χ0v) is 16.2. The van der Waals surface area contributed by atoms with Crippen molar-refractivity contribution in [2.45, 2.75) is 45.6 Å². The fourth-order valence-corrected chi connectivity index (χ4v) is 2.49. The minimum Gasteiger partial charge on any atom is -0.406 e. The standard InChI is InChI=1S/C21H23F3N2O3/c1-3-14(2)26-20(28)17-6-4-5-16(11-17)13-25-19(27)12-15-7-9-18(10-8-15)29-21(22,23)24/h4-11,14H,3,12-13H2,1-2H3,(H,25,27)(H,26,28). The van der Waals surface area contributed by atoms with E-state index < -0.39 is 6.36 Å². The topological polar surface area (TPSA) is 67.4 Å². The van der Waals surface area contributed by atoms with Gasteiger partial charge in [0, 0.05) is 18.2 Å². The quantitative estimate of drug-likeness (QED) is 0.695. The van der Waals surface area contributed by atoms with Crippen molar-refractivity contribution in [1.29, 1.82) is 0 Å². The molecule has 8 heteroatoms. The van der Waals surface area contributed by atoms with Gasteiger partial charge in [-0.25, -0.2) is 0 Å². The van der Waals surface area contributed by atoms with Gasteiger partial charge in [0.2, 0.25) is 5.91 Å². The number of ether oxygens (including phenoxy) is 1. The second-order valence-electron chi connectivity index (χ2n) is 6.63. The SMILES string of the molecule is CCC(C)NC(=O)c1cccc(CNC(=O)Cc2ccc(OC(F)(F)F)cc2)c1. The summed E-state index contributed by atoms with van der Waals surface area (Å²) < 4.78 is 40.3. The van der Waals surface area contributed by atoms with Crippen LogP contribution < -0.4 is 15.4 Å². The van der Waals surface area contributed by atoms with Crippen molar-refractivity contribution in [1.82, 2.24) is 10.6 Å². The first-order valence-corrected chi connectivity index (χ1v) is 9.17. The first-order chi connectivity index (χ1) is 13.7. The molecule has 0 heterocycles. The summed E-state index contributed by atoms with van der Waals surface area (Å²) in [5, 5.41) is 5.62. The smallest absolute Gasteiger partial charge is 0.406 e. The van der Waals surface area contributed by atoms with Crippen molar-refractivity contribution < 1.29 is 27.5 Å². The predicted molar refractivity (Wildman–Crippen MR) is 102 cm³/mol. The molecule has 0 aliphatic carbocycles. The predicted octanol–water partition coefficient (Wildman–Crippen LogP) is 3.97. The molecule has 2 rings (SSSR count). The molecule has 2 aromatic carbocycles. The van der Waals surface area contributed by atoms with Gasteiger partial charge in [-0.3, -0.25) is 9.59 Å². The highest BCUT2D eigenvalue weighted by molar-refractivity contribution is 5.94. The normalized spacial score (nSPS) is 12.2. The lowest BCUT2D eigenvalue weighted by atomic mass is 10.1. The largest absolute Gasteiger partial charge is 0.573 e. The molecule has 2 amide bonds. The molecule has 1 unspecified atom stereocenters. The highest BCUT2D eigenvalue weighted by atomic mass is 19.4. The maximum Gasteiger partial charge on any atom is 0.573 e. The van der Waals surface area contributed by atoms with Gasteiger partial charge in [0.05, 0.1) is 6.42 Å². The van der Waals surface area contributed by atoms with Crippen molar-refractivity contribution in [3.05, 3.63) is 65.2 Å². The molecule has 156 valence electrons. The summed E-state index contributed by atoms with van der Waals surface area (Å²) in [6.07, 6.45) is -3.91. The molecule has 0 aliphatic rings. The monoisotopic (exact) mass is 408 g/mol. The Hall–Kier alpha value is -3.03. The van der Waals surface area contributed by atoms with Gasteiger partial charge in [-0.1, -0.05) is 31.2 Å². The third-order valence-corrected chi connectivity index (χ3v) is 4.19. The lowest BCUT2D eigenvalue weighted by molar-refractivity contribution is -0.274. The van der Waals surface area contributed by atoms with Crippen molar-refractivity contribution in [2.75, 3.05) is 0 Å². The van der Waals surface area contributed by atoms with Crippen LogP contribution in [0.25, 0.3) is 0 Å². The summed E-state index contributed by atoms with van der Waals surface area (Å²) in [5.74, 6) is -0.799. The molecule has 0 spiro atoms. The molecule has 1 atom stereocenters. The second kappa shape index (κ2) is 9.95. The summed E-state index contributed by atoms with van der Waals surface area (Å²) in [7, 11) is 0. The van der Waals surface area contributed by atoms with Gasteiger partial charge >= 0.3 is 6.36 Å². The molecule has 29 heavy (non-hydrogen) atoms. The molecule has 0 bridgehead atoms. The second-order valence-corrected chi connectivity index (χ2v) is 6.63. The van der Waals surface area contributed by atoms with E-state index in [1.54, 1.807) is 24.3 Å². The lowest BCUT2D eigenvalue weighted by Crippen LogP contribution is -2.32. The Morgan fingerprint density at radius 1 is 1.07 bits per heavy atom. The Labute approximate surface area is 167 Å². The van der Waals surface area contributed by atoms with Crippen molar-refractivity contribution in [2.24, 2.45) is 0 Å². The summed E-state index contributed by atoms with van der Waals surface area (Å²) in [4.78, 5) is 24.3.